The van der Waals surface area contributed by atoms with Crippen LogP contribution in [-0.2, 0) is 11.3 Å². The number of non-ortho nitro benzene ring substituents is 1. The number of benzene rings is 1. The number of likely N-dealkylation sites (N-methyl/N-ethyl adjacent to an activating group) is 1. The Morgan fingerprint density at radius 3 is 2.93 bits per heavy atom. The minimum Gasteiger partial charge on any atom is -0.301 e. The van der Waals surface area contributed by atoms with Crippen LogP contribution in [0.25, 0.3) is 0 Å². The van der Waals surface area contributed by atoms with E-state index in [9.17, 15) is 14.9 Å². The molecular weight excluding hydrogens is 196 g/mol. The van der Waals surface area contributed by atoms with Gasteiger partial charge < -0.3 is 4.79 Å². The summed E-state index contributed by atoms with van der Waals surface area (Å²) in [6.45, 7) is 0.584. The van der Waals surface area contributed by atoms with E-state index in [1.54, 1.807) is 6.07 Å². The van der Waals surface area contributed by atoms with Crippen molar-refractivity contribution in [3.63, 3.8) is 0 Å². The van der Waals surface area contributed by atoms with Gasteiger partial charge in [0.1, 0.15) is 6.29 Å². The fraction of sp³-hybridized carbons (Fsp3) is 0.300. The lowest BCUT2D eigenvalue weighted by Crippen LogP contribution is -2.17. The maximum atomic E-state index is 10.8. The first-order valence-corrected chi connectivity index (χ1v) is 4.56. The Morgan fingerprint density at radius 2 is 2.33 bits per heavy atom. The average Bonchev–Trinajstić information content (AvgIpc) is 2.51. The highest BCUT2D eigenvalue weighted by molar-refractivity contribution is 5.65. The van der Waals surface area contributed by atoms with Gasteiger partial charge in [0.2, 0.25) is 0 Å². The molecule has 0 fully saturated rings. The third-order valence-corrected chi connectivity index (χ3v) is 2.68. The van der Waals surface area contributed by atoms with Crippen LogP contribution in [0.1, 0.15) is 17.2 Å². The molecule has 0 spiro atoms. The first kappa shape index (κ1) is 9.79. The number of hydrogen-bond acceptors (Lipinski definition) is 4. The number of fused-ring (bicyclic) bond motifs is 1. The zero-order valence-electron chi connectivity index (χ0n) is 8.21. The Kier molecular flexibility index (Phi) is 2.24. The monoisotopic (exact) mass is 206 g/mol. The minimum atomic E-state index is -0.422. The van der Waals surface area contributed by atoms with E-state index in [4.69, 9.17) is 0 Å². The van der Waals surface area contributed by atoms with Gasteiger partial charge in [-0.15, -0.1) is 0 Å². The normalized spacial score (nSPS) is 19.9. The van der Waals surface area contributed by atoms with Crippen molar-refractivity contribution >= 4 is 12.0 Å². The Hall–Kier alpha value is -1.75. The molecule has 1 aromatic rings. The van der Waals surface area contributed by atoms with Crippen molar-refractivity contribution in [3.05, 3.63) is 39.4 Å². The second-order valence-electron chi connectivity index (χ2n) is 3.64. The highest BCUT2D eigenvalue weighted by atomic mass is 16.6. The summed E-state index contributed by atoms with van der Waals surface area (Å²) in [5, 5.41) is 10.6. The van der Waals surface area contributed by atoms with Crippen molar-refractivity contribution in [2.75, 3.05) is 7.05 Å². The Bertz CT molecular complexity index is 431. The third kappa shape index (κ3) is 1.50. The van der Waals surface area contributed by atoms with E-state index in [1.165, 1.54) is 12.1 Å². The molecule has 1 unspecified atom stereocenters. The van der Waals surface area contributed by atoms with Crippen molar-refractivity contribution in [2.45, 2.75) is 12.6 Å². The predicted molar refractivity (Wildman–Crippen MR) is 53.4 cm³/mol. The van der Waals surface area contributed by atoms with E-state index in [2.05, 4.69) is 0 Å². The maximum absolute atomic E-state index is 10.8. The predicted octanol–water partition coefficient (Wildman–Crippen LogP) is 1.28. The summed E-state index contributed by atoms with van der Waals surface area (Å²) in [5.74, 6) is 0. The molecule has 1 aliphatic rings. The van der Waals surface area contributed by atoms with E-state index in [0.717, 1.165) is 17.4 Å². The van der Waals surface area contributed by atoms with Gasteiger partial charge in [0.05, 0.1) is 11.0 Å². The molecule has 78 valence electrons. The molecule has 0 aromatic heterocycles. The molecular formula is C10H10N2O3. The standard InChI is InChI=1S/C10H10N2O3/c1-11-5-7-4-8(12(14)15)2-3-9(7)10(11)6-13/h2-4,6,10H,5H2,1H3. The molecule has 0 saturated heterocycles. The molecule has 0 amide bonds. The second-order valence-corrected chi connectivity index (χ2v) is 3.64. The number of carbonyl (C=O) groups is 1. The molecule has 0 saturated carbocycles. The van der Waals surface area contributed by atoms with E-state index in [0.29, 0.717) is 6.54 Å². The molecule has 5 heteroatoms. The summed E-state index contributed by atoms with van der Waals surface area (Å²) >= 11 is 0. The number of aldehydes is 1. The molecule has 1 aromatic carbocycles. The van der Waals surface area contributed by atoms with Gasteiger partial charge >= 0.3 is 0 Å². The molecule has 0 bridgehead atoms. The summed E-state index contributed by atoms with van der Waals surface area (Å²) in [6.07, 6.45) is 0.859. The van der Waals surface area contributed by atoms with Crippen LogP contribution in [0, 0.1) is 10.1 Å². The molecule has 1 aliphatic heterocycles. The van der Waals surface area contributed by atoms with Crippen LogP contribution in [0.4, 0.5) is 5.69 Å². The lowest BCUT2D eigenvalue weighted by atomic mass is 10.1. The fourth-order valence-corrected chi connectivity index (χ4v) is 1.91. The quantitative estimate of drug-likeness (QED) is 0.415. The topological polar surface area (TPSA) is 63.4 Å². The van der Waals surface area contributed by atoms with E-state index >= 15 is 0 Å². The average molecular weight is 206 g/mol. The number of nitro groups is 1. The zero-order chi connectivity index (χ0) is 11.0. The van der Waals surface area contributed by atoms with E-state index < -0.39 is 4.92 Å². The third-order valence-electron chi connectivity index (χ3n) is 2.68. The van der Waals surface area contributed by atoms with Gasteiger partial charge in [0.25, 0.3) is 5.69 Å². The molecule has 15 heavy (non-hydrogen) atoms. The first-order valence-electron chi connectivity index (χ1n) is 4.56. The molecule has 0 aliphatic carbocycles. The van der Waals surface area contributed by atoms with Crippen LogP contribution >= 0.6 is 0 Å². The lowest BCUT2D eigenvalue weighted by Gasteiger charge is -2.12. The number of nitro benzene ring substituents is 1. The summed E-state index contributed by atoms with van der Waals surface area (Å²) < 4.78 is 0. The molecule has 5 nitrogen and oxygen atoms in total. The summed E-state index contributed by atoms with van der Waals surface area (Å²) in [7, 11) is 1.82. The lowest BCUT2D eigenvalue weighted by molar-refractivity contribution is -0.384. The van der Waals surface area contributed by atoms with Crippen molar-refractivity contribution in [2.24, 2.45) is 0 Å². The minimum absolute atomic E-state index is 0.0775. The Labute approximate surface area is 86.5 Å². The molecule has 1 heterocycles. The first-order chi connectivity index (χ1) is 7.13. The van der Waals surface area contributed by atoms with Crippen LogP contribution in [0.15, 0.2) is 18.2 Å². The van der Waals surface area contributed by atoms with Crippen LogP contribution in [0.3, 0.4) is 0 Å². The van der Waals surface area contributed by atoms with Crippen LogP contribution in [-0.4, -0.2) is 23.2 Å². The van der Waals surface area contributed by atoms with E-state index in [1.807, 2.05) is 11.9 Å². The molecule has 2 rings (SSSR count). The van der Waals surface area contributed by atoms with Crippen LogP contribution in [0.2, 0.25) is 0 Å². The molecule has 0 N–H and O–H groups in total. The van der Waals surface area contributed by atoms with Gasteiger partial charge in [0.15, 0.2) is 0 Å². The second kappa shape index (κ2) is 3.43. The van der Waals surface area contributed by atoms with Gasteiger partial charge in [0, 0.05) is 18.7 Å². The van der Waals surface area contributed by atoms with Gasteiger partial charge in [-0.1, -0.05) is 0 Å². The zero-order valence-corrected chi connectivity index (χ0v) is 8.21. The molecule has 0 radical (unpaired) electrons. The number of carbonyl (C=O) groups excluding carboxylic acids is 1. The van der Waals surface area contributed by atoms with E-state index in [-0.39, 0.29) is 11.7 Å². The van der Waals surface area contributed by atoms with Crippen LogP contribution in [0.5, 0.6) is 0 Å². The van der Waals surface area contributed by atoms with Gasteiger partial charge in [-0.25, -0.2) is 0 Å². The van der Waals surface area contributed by atoms with Crippen LogP contribution < -0.4 is 0 Å². The Balaban J connectivity index is 2.45. The number of hydrogen-bond donors (Lipinski definition) is 0. The van der Waals surface area contributed by atoms with Crippen molar-refractivity contribution in [1.82, 2.24) is 4.90 Å². The summed E-state index contributed by atoms with van der Waals surface area (Å²) in [6, 6.07) is 4.38. The fourth-order valence-electron chi connectivity index (χ4n) is 1.91. The van der Waals surface area contributed by atoms with Gasteiger partial charge in [-0.05, 0) is 24.2 Å². The maximum Gasteiger partial charge on any atom is 0.269 e. The number of rotatable bonds is 2. The van der Waals surface area contributed by atoms with Crippen molar-refractivity contribution < 1.29 is 9.72 Å². The van der Waals surface area contributed by atoms with Crippen molar-refractivity contribution in [1.29, 1.82) is 0 Å². The highest BCUT2D eigenvalue weighted by Gasteiger charge is 2.28. The summed E-state index contributed by atoms with van der Waals surface area (Å²) in [5.41, 5.74) is 1.82. The SMILES string of the molecule is CN1Cc2cc([N+](=O)[O-])ccc2C1C=O. The Morgan fingerprint density at radius 1 is 1.60 bits per heavy atom. The highest BCUT2D eigenvalue weighted by Crippen LogP contribution is 2.32. The van der Waals surface area contributed by atoms with Crippen molar-refractivity contribution in [3.8, 4) is 0 Å². The number of nitrogens with zero attached hydrogens (tertiary/aromatic N) is 2. The van der Waals surface area contributed by atoms with Gasteiger partial charge in [-0.3, -0.25) is 15.0 Å². The van der Waals surface area contributed by atoms with Gasteiger partial charge in [-0.2, -0.15) is 0 Å². The smallest absolute Gasteiger partial charge is 0.269 e. The largest absolute Gasteiger partial charge is 0.301 e. The molecule has 1 atom stereocenters. The summed E-state index contributed by atoms with van der Waals surface area (Å²) in [4.78, 5) is 22.8.